The molecular formula is C25H26ClN5O3. The van der Waals surface area contributed by atoms with E-state index in [9.17, 15) is 9.59 Å². The van der Waals surface area contributed by atoms with Crippen LogP contribution in [0, 0.1) is 5.92 Å². The van der Waals surface area contributed by atoms with Crippen LogP contribution < -0.4 is 4.90 Å². The molecule has 3 heterocycles. The van der Waals surface area contributed by atoms with E-state index in [2.05, 4.69) is 15.1 Å². The number of rotatable bonds is 7. The van der Waals surface area contributed by atoms with Gasteiger partial charge < -0.3 is 19.1 Å². The van der Waals surface area contributed by atoms with Crippen LogP contribution in [0.3, 0.4) is 0 Å². The third-order valence-corrected chi connectivity index (χ3v) is 6.61. The second kappa shape index (κ2) is 9.85. The van der Waals surface area contributed by atoms with E-state index in [1.807, 2.05) is 41.3 Å². The molecule has 0 bridgehead atoms. The second-order valence-electron chi connectivity index (χ2n) is 8.73. The zero-order valence-electron chi connectivity index (χ0n) is 18.8. The molecule has 0 unspecified atom stereocenters. The van der Waals surface area contributed by atoms with Crippen LogP contribution in [0.1, 0.15) is 23.4 Å². The van der Waals surface area contributed by atoms with Gasteiger partial charge in [-0.15, -0.1) is 10.2 Å². The van der Waals surface area contributed by atoms with Crippen LogP contribution in [-0.2, 0) is 4.79 Å². The average Bonchev–Trinajstić information content (AvgIpc) is 3.52. The topological polar surface area (TPSA) is 82.8 Å². The van der Waals surface area contributed by atoms with Crippen LogP contribution in [-0.4, -0.2) is 71.1 Å². The number of furan rings is 1. The highest BCUT2D eigenvalue weighted by atomic mass is 35.5. The highest BCUT2D eigenvalue weighted by Gasteiger charge is 2.31. The van der Waals surface area contributed by atoms with E-state index < -0.39 is 0 Å². The Hall–Kier alpha value is -3.39. The number of carbonyl (C=O) groups excluding carboxylic acids is 2. The van der Waals surface area contributed by atoms with E-state index in [-0.39, 0.29) is 24.1 Å². The smallest absolute Gasteiger partial charge is 0.290 e. The third kappa shape index (κ3) is 5.07. The Bertz CT molecular complexity index is 1140. The highest BCUT2D eigenvalue weighted by molar-refractivity contribution is 6.33. The van der Waals surface area contributed by atoms with Crippen LogP contribution in [0.2, 0.25) is 5.02 Å². The van der Waals surface area contributed by atoms with Crippen molar-refractivity contribution in [1.82, 2.24) is 20.0 Å². The monoisotopic (exact) mass is 479 g/mol. The number of piperazine rings is 1. The summed E-state index contributed by atoms with van der Waals surface area (Å²) in [5.41, 5.74) is 1.57. The molecule has 2 amide bonds. The number of carbonyl (C=O) groups is 2. The molecule has 0 atom stereocenters. The zero-order chi connectivity index (χ0) is 23.5. The van der Waals surface area contributed by atoms with Crippen molar-refractivity contribution in [2.24, 2.45) is 5.92 Å². The number of aromatic nitrogens is 2. The molecule has 0 spiro atoms. The van der Waals surface area contributed by atoms with Crippen LogP contribution in [0.5, 0.6) is 0 Å². The molecule has 1 aromatic carbocycles. The predicted molar refractivity (Wildman–Crippen MR) is 129 cm³/mol. The summed E-state index contributed by atoms with van der Waals surface area (Å²) >= 11 is 6.26. The van der Waals surface area contributed by atoms with Gasteiger partial charge in [0.05, 0.1) is 17.0 Å². The maximum atomic E-state index is 13.0. The van der Waals surface area contributed by atoms with E-state index in [1.54, 1.807) is 17.0 Å². The molecule has 5 rings (SSSR count). The van der Waals surface area contributed by atoms with Gasteiger partial charge in [-0.05, 0) is 49.1 Å². The van der Waals surface area contributed by atoms with E-state index in [0.717, 1.165) is 29.9 Å². The standard InChI is InChI=1S/C25H26ClN5O3/c26-20-5-2-1-4-19(20)21-9-10-23(28-27-21)29-11-13-30(14-12-29)24(32)17-31(16-18-7-8-18)25(33)22-6-3-15-34-22/h1-6,9-10,15,18H,7-8,11-14,16-17H2. The Labute approximate surface area is 203 Å². The van der Waals surface area contributed by atoms with Gasteiger partial charge in [0.25, 0.3) is 5.91 Å². The molecule has 8 nitrogen and oxygen atoms in total. The first-order valence-corrected chi connectivity index (χ1v) is 11.9. The Morgan fingerprint density at radius 1 is 1.00 bits per heavy atom. The number of anilines is 1. The highest BCUT2D eigenvalue weighted by Crippen LogP contribution is 2.30. The van der Waals surface area contributed by atoms with Gasteiger partial charge in [0.1, 0.15) is 6.54 Å². The number of hydrogen-bond acceptors (Lipinski definition) is 6. The number of benzene rings is 1. The summed E-state index contributed by atoms with van der Waals surface area (Å²) in [6, 6.07) is 14.7. The maximum absolute atomic E-state index is 13.0. The SMILES string of the molecule is O=C(CN(CC1CC1)C(=O)c1ccco1)N1CCN(c2ccc(-c3ccccc3Cl)nn2)CC1. The van der Waals surface area contributed by atoms with E-state index in [0.29, 0.717) is 43.7 Å². The molecule has 0 radical (unpaired) electrons. The second-order valence-corrected chi connectivity index (χ2v) is 9.14. The molecule has 2 fully saturated rings. The molecule has 176 valence electrons. The number of amides is 2. The van der Waals surface area contributed by atoms with Gasteiger partial charge in [-0.3, -0.25) is 9.59 Å². The molecule has 2 aliphatic rings. The van der Waals surface area contributed by atoms with Crippen LogP contribution in [0.25, 0.3) is 11.3 Å². The lowest BCUT2D eigenvalue weighted by Crippen LogP contribution is -2.52. The minimum atomic E-state index is -0.224. The van der Waals surface area contributed by atoms with Gasteiger partial charge >= 0.3 is 0 Å². The first-order chi connectivity index (χ1) is 16.6. The largest absolute Gasteiger partial charge is 0.459 e. The van der Waals surface area contributed by atoms with Crippen molar-refractivity contribution < 1.29 is 14.0 Å². The van der Waals surface area contributed by atoms with Gasteiger partial charge in [-0.1, -0.05) is 29.8 Å². The fraction of sp³-hybridized carbons (Fsp3) is 0.360. The Morgan fingerprint density at radius 3 is 2.44 bits per heavy atom. The zero-order valence-corrected chi connectivity index (χ0v) is 19.5. The summed E-state index contributed by atoms with van der Waals surface area (Å²) in [5, 5.41) is 9.36. The van der Waals surface area contributed by atoms with Gasteiger partial charge in [0.15, 0.2) is 11.6 Å². The van der Waals surface area contributed by atoms with Crippen LogP contribution in [0.15, 0.2) is 59.2 Å². The first kappa shape index (κ1) is 22.4. The Morgan fingerprint density at radius 2 is 1.79 bits per heavy atom. The van der Waals surface area contributed by atoms with E-state index in [1.165, 1.54) is 6.26 Å². The molecule has 0 N–H and O–H groups in total. The lowest BCUT2D eigenvalue weighted by atomic mass is 10.1. The lowest BCUT2D eigenvalue weighted by Gasteiger charge is -2.36. The average molecular weight is 480 g/mol. The van der Waals surface area contributed by atoms with Crippen LogP contribution in [0.4, 0.5) is 5.82 Å². The van der Waals surface area contributed by atoms with Crippen molar-refractivity contribution >= 4 is 29.2 Å². The summed E-state index contributed by atoms with van der Waals surface area (Å²) in [4.78, 5) is 31.4. The summed E-state index contributed by atoms with van der Waals surface area (Å²) in [6.45, 7) is 3.11. The normalized spacial score (nSPS) is 15.9. The van der Waals surface area contributed by atoms with E-state index in [4.69, 9.17) is 16.0 Å². The minimum Gasteiger partial charge on any atom is -0.459 e. The van der Waals surface area contributed by atoms with Crippen molar-refractivity contribution in [2.45, 2.75) is 12.8 Å². The molecule has 1 saturated heterocycles. The van der Waals surface area contributed by atoms with Gasteiger partial charge in [-0.25, -0.2) is 0 Å². The van der Waals surface area contributed by atoms with Crippen LogP contribution >= 0.6 is 11.6 Å². The summed E-state index contributed by atoms with van der Waals surface area (Å²) in [5.74, 6) is 1.26. The molecule has 9 heteroatoms. The molecule has 1 aliphatic heterocycles. The Balaban J connectivity index is 1.18. The summed E-state index contributed by atoms with van der Waals surface area (Å²) in [7, 11) is 0. The lowest BCUT2D eigenvalue weighted by molar-refractivity contribution is -0.132. The molecule has 3 aromatic rings. The summed E-state index contributed by atoms with van der Waals surface area (Å²) in [6.07, 6.45) is 3.68. The van der Waals surface area contributed by atoms with E-state index >= 15 is 0 Å². The van der Waals surface area contributed by atoms with Crippen molar-refractivity contribution in [3.8, 4) is 11.3 Å². The first-order valence-electron chi connectivity index (χ1n) is 11.5. The summed E-state index contributed by atoms with van der Waals surface area (Å²) < 4.78 is 5.27. The van der Waals surface area contributed by atoms with Crippen molar-refractivity contribution in [2.75, 3.05) is 44.2 Å². The van der Waals surface area contributed by atoms with Gasteiger partial charge in [0, 0.05) is 38.3 Å². The molecular weight excluding hydrogens is 454 g/mol. The number of halogens is 1. The fourth-order valence-corrected chi connectivity index (χ4v) is 4.37. The molecule has 2 aromatic heterocycles. The van der Waals surface area contributed by atoms with Gasteiger partial charge in [0.2, 0.25) is 5.91 Å². The van der Waals surface area contributed by atoms with Crippen molar-refractivity contribution in [3.63, 3.8) is 0 Å². The molecule has 1 saturated carbocycles. The Kier molecular flexibility index (Phi) is 6.49. The maximum Gasteiger partial charge on any atom is 0.290 e. The number of nitrogens with zero attached hydrogens (tertiary/aromatic N) is 5. The quantitative estimate of drug-likeness (QED) is 0.515. The fourth-order valence-electron chi connectivity index (χ4n) is 4.14. The van der Waals surface area contributed by atoms with Crippen molar-refractivity contribution in [1.29, 1.82) is 0 Å². The third-order valence-electron chi connectivity index (χ3n) is 6.28. The van der Waals surface area contributed by atoms with Crippen molar-refractivity contribution in [3.05, 3.63) is 65.6 Å². The molecule has 1 aliphatic carbocycles. The molecule has 34 heavy (non-hydrogen) atoms. The minimum absolute atomic E-state index is 0.0413. The van der Waals surface area contributed by atoms with Gasteiger partial charge in [-0.2, -0.15) is 0 Å². The predicted octanol–water partition coefficient (Wildman–Crippen LogP) is 3.59. The number of hydrogen-bond donors (Lipinski definition) is 0.